The highest BCUT2D eigenvalue weighted by Crippen LogP contribution is 2.75. The maximum Gasteiger partial charge on any atom is 0.303 e. The highest BCUT2D eigenvalue weighted by molar-refractivity contribution is 5.66. The number of hydrogen-bond acceptors (Lipinski definition) is 1. The molecule has 0 aromatic heterocycles. The first kappa shape index (κ1) is 24.1. The van der Waals surface area contributed by atoms with Crippen LogP contribution in [0.25, 0.3) is 0 Å². The number of allylic oxidation sites excluding steroid dienone is 2. The van der Waals surface area contributed by atoms with Crippen LogP contribution in [-0.2, 0) is 4.79 Å². The van der Waals surface area contributed by atoms with Crippen LogP contribution in [0.15, 0.2) is 24.3 Å². The number of aliphatic carboxylic acids is 1. The first-order valence-corrected chi connectivity index (χ1v) is 13.3. The number of fused-ring (bicyclic) bond motifs is 5. The minimum atomic E-state index is -0.651. The highest BCUT2D eigenvalue weighted by Gasteiger charge is 2.67. The van der Waals surface area contributed by atoms with E-state index in [9.17, 15) is 9.90 Å². The zero-order valence-electron chi connectivity index (χ0n) is 21.7. The van der Waals surface area contributed by atoms with Crippen molar-refractivity contribution < 1.29 is 9.90 Å². The Balaban J connectivity index is 1.75. The van der Waals surface area contributed by atoms with Crippen LogP contribution < -0.4 is 0 Å². The summed E-state index contributed by atoms with van der Waals surface area (Å²) >= 11 is 0. The number of rotatable bonds is 4. The second-order valence-electron chi connectivity index (χ2n) is 13.5. The van der Waals surface area contributed by atoms with Crippen LogP contribution in [0.5, 0.6) is 0 Å². The van der Waals surface area contributed by atoms with E-state index in [1.54, 1.807) is 0 Å². The van der Waals surface area contributed by atoms with Crippen molar-refractivity contribution in [2.45, 2.75) is 106 Å². The summed E-state index contributed by atoms with van der Waals surface area (Å²) < 4.78 is 0. The molecule has 4 aliphatic rings. The lowest BCUT2D eigenvalue weighted by molar-refractivity contribution is -0.223. The standard InChI is InChI=1S/C30H48O2/c1-19(2)22-12-16-30(8)24(28(22,6)15-13-25(31)32)10-9-23-26-21(4)20(3)11-14-27(26,5)17-18-29(23,30)7/h21-24,26H,1,3,9-18H2,2,4-8H3,(H,31,32)/t21-,22-,23+,24+,26-,27+,28-,29+,30+/m0/s1. The molecule has 4 aliphatic carbocycles. The fraction of sp³-hybridized carbons (Fsp3) is 0.833. The molecule has 0 bridgehead atoms. The zero-order chi connectivity index (χ0) is 23.7. The Bertz CT molecular complexity index is 812. The van der Waals surface area contributed by atoms with Crippen molar-refractivity contribution in [3.8, 4) is 0 Å². The summed E-state index contributed by atoms with van der Waals surface area (Å²) in [5.41, 5.74) is 3.86. The smallest absolute Gasteiger partial charge is 0.303 e. The predicted octanol–water partition coefficient (Wildman–Crippen LogP) is 8.28. The topological polar surface area (TPSA) is 37.3 Å². The Morgan fingerprint density at radius 2 is 1.72 bits per heavy atom. The summed E-state index contributed by atoms with van der Waals surface area (Å²) in [6.07, 6.45) is 11.3. The molecular weight excluding hydrogens is 392 g/mol. The molecule has 1 N–H and O–H groups in total. The van der Waals surface area contributed by atoms with Crippen LogP contribution in [0.1, 0.15) is 106 Å². The molecule has 9 atom stereocenters. The molecule has 0 aromatic rings. The number of carbonyl (C=O) groups is 1. The molecule has 4 rings (SSSR count). The SMILES string of the molecule is C=C1CC[C@]2(C)CC[C@]3(C)[C@H](CC[C@@H]4[C@@](C)(CCC(=O)O)[C@H](C(=C)C)CC[C@]43C)[C@@H]2[C@H]1C. The fourth-order valence-corrected chi connectivity index (χ4v) is 10.3. The minimum absolute atomic E-state index is 0.0354. The molecule has 4 fully saturated rings. The lowest BCUT2D eigenvalue weighted by Gasteiger charge is -2.72. The Hall–Kier alpha value is -1.05. The van der Waals surface area contributed by atoms with Gasteiger partial charge in [-0.25, -0.2) is 0 Å². The van der Waals surface area contributed by atoms with E-state index in [0.29, 0.717) is 28.6 Å². The van der Waals surface area contributed by atoms with E-state index in [0.717, 1.165) is 18.3 Å². The van der Waals surface area contributed by atoms with Gasteiger partial charge in [-0.3, -0.25) is 4.79 Å². The average molecular weight is 441 g/mol. The Morgan fingerprint density at radius 1 is 1.03 bits per heavy atom. The minimum Gasteiger partial charge on any atom is -0.481 e. The van der Waals surface area contributed by atoms with E-state index in [-0.39, 0.29) is 17.3 Å². The molecule has 0 saturated heterocycles. The van der Waals surface area contributed by atoms with Gasteiger partial charge in [-0.05, 0) is 116 Å². The summed E-state index contributed by atoms with van der Waals surface area (Å²) in [4.78, 5) is 11.6. The van der Waals surface area contributed by atoms with Gasteiger partial charge < -0.3 is 5.11 Å². The molecule has 0 spiro atoms. The maximum absolute atomic E-state index is 11.6. The van der Waals surface area contributed by atoms with Gasteiger partial charge in [-0.1, -0.05) is 58.9 Å². The summed E-state index contributed by atoms with van der Waals surface area (Å²) in [5, 5.41) is 9.56. The molecule has 180 valence electrons. The third-order valence-corrected chi connectivity index (χ3v) is 12.3. The van der Waals surface area contributed by atoms with Crippen LogP contribution in [0.4, 0.5) is 0 Å². The van der Waals surface area contributed by atoms with Crippen LogP contribution in [0.3, 0.4) is 0 Å². The van der Waals surface area contributed by atoms with E-state index in [4.69, 9.17) is 0 Å². The van der Waals surface area contributed by atoms with Crippen LogP contribution in [0, 0.1) is 51.2 Å². The third-order valence-electron chi connectivity index (χ3n) is 12.3. The van der Waals surface area contributed by atoms with Gasteiger partial charge in [-0.2, -0.15) is 0 Å². The molecule has 0 aliphatic heterocycles. The van der Waals surface area contributed by atoms with Gasteiger partial charge in [0.15, 0.2) is 0 Å². The molecule has 0 radical (unpaired) electrons. The lowest BCUT2D eigenvalue weighted by atomic mass is 9.33. The van der Waals surface area contributed by atoms with Crippen molar-refractivity contribution >= 4 is 5.97 Å². The van der Waals surface area contributed by atoms with Crippen LogP contribution in [-0.4, -0.2) is 11.1 Å². The molecule has 0 amide bonds. The molecule has 0 heterocycles. The average Bonchev–Trinajstić information content (AvgIpc) is 2.70. The zero-order valence-corrected chi connectivity index (χ0v) is 21.7. The number of hydrogen-bond donors (Lipinski definition) is 1. The van der Waals surface area contributed by atoms with Crippen molar-refractivity contribution in [1.82, 2.24) is 0 Å². The molecule has 0 unspecified atom stereocenters. The first-order chi connectivity index (χ1) is 14.8. The largest absolute Gasteiger partial charge is 0.481 e. The Morgan fingerprint density at radius 3 is 2.34 bits per heavy atom. The van der Waals surface area contributed by atoms with Crippen molar-refractivity contribution in [3.05, 3.63) is 24.3 Å². The molecule has 32 heavy (non-hydrogen) atoms. The lowest BCUT2D eigenvalue weighted by Crippen LogP contribution is -2.64. The van der Waals surface area contributed by atoms with Gasteiger partial charge in [0.05, 0.1) is 0 Å². The van der Waals surface area contributed by atoms with Crippen molar-refractivity contribution in [2.75, 3.05) is 0 Å². The van der Waals surface area contributed by atoms with Crippen molar-refractivity contribution in [3.63, 3.8) is 0 Å². The van der Waals surface area contributed by atoms with Gasteiger partial charge in [0.1, 0.15) is 0 Å². The summed E-state index contributed by atoms with van der Waals surface area (Å²) in [6.45, 7) is 23.8. The van der Waals surface area contributed by atoms with Crippen molar-refractivity contribution in [1.29, 1.82) is 0 Å². The molecule has 2 heteroatoms. The normalized spacial score (nSPS) is 50.7. The quantitative estimate of drug-likeness (QED) is 0.446. The summed E-state index contributed by atoms with van der Waals surface area (Å²) in [7, 11) is 0. The second kappa shape index (κ2) is 7.74. The predicted molar refractivity (Wildman–Crippen MR) is 133 cm³/mol. The fourth-order valence-electron chi connectivity index (χ4n) is 10.3. The highest BCUT2D eigenvalue weighted by atomic mass is 16.4. The second-order valence-corrected chi connectivity index (χ2v) is 13.5. The summed E-state index contributed by atoms with van der Waals surface area (Å²) in [5.74, 6) is 2.52. The van der Waals surface area contributed by atoms with E-state index in [1.807, 2.05) is 0 Å². The number of carboxylic acids is 1. The van der Waals surface area contributed by atoms with Gasteiger partial charge in [0.2, 0.25) is 0 Å². The Labute approximate surface area is 197 Å². The first-order valence-electron chi connectivity index (χ1n) is 13.3. The van der Waals surface area contributed by atoms with Crippen LogP contribution >= 0.6 is 0 Å². The van der Waals surface area contributed by atoms with E-state index >= 15 is 0 Å². The summed E-state index contributed by atoms with van der Waals surface area (Å²) in [6, 6.07) is 0. The molecular formula is C30H48O2. The molecule has 4 saturated carbocycles. The third kappa shape index (κ3) is 3.21. The van der Waals surface area contributed by atoms with Gasteiger partial charge in [0, 0.05) is 6.42 Å². The maximum atomic E-state index is 11.6. The molecule has 0 aromatic carbocycles. The molecule has 2 nitrogen and oxygen atoms in total. The van der Waals surface area contributed by atoms with E-state index in [2.05, 4.69) is 54.7 Å². The van der Waals surface area contributed by atoms with E-state index < -0.39 is 5.97 Å². The Kier molecular flexibility index (Phi) is 5.83. The monoisotopic (exact) mass is 440 g/mol. The van der Waals surface area contributed by atoms with Gasteiger partial charge in [-0.15, -0.1) is 0 Å². The van der Waals surface area contributed by atoms with Gasteiger partial charge >= 0.3 is 5.97 Å². The van der Waals surface area contributed by atoms with Crippen molar-refractivity contribution in [2.24, 2.45) is 51.2 Å². The number of carboxylic acid groups (broad SMARTS) is 1. The van der Waals surface area contributed by atoms with Gasteiger partial charge in [0.25, 0.3) is 0 Å². The van der Waals surface area contributed by atoms with Crippen LogP contribution in [0.2, 0.25) is 0 Å². The van der Waals surface area contributed by atoms with E-state index in [1.165, 1.54) is 62.5 Å².